The third-order valence-electron chi connectivity index (χ3n) is 3.42. The van der Waals surface area contributed by atoms with E-state index in [-0.39, 0.29) is 12.1 Å². The summed E-state index contributed by atoms with van der Waals surface area (Å²) in [4.78, 5) is 13.2. The first-order valence-electron chi connectivity index (χ1n) is 7.40. The van der Waals surface area contributed by atoms with Crippen molar-refractivity contribution in [2.75, 3.05) is 20.3 Å². The van der Waals surface area contributed by atoms with Crippen LogP contribution in [0.1, 0.15) is 29.0 Å². The van der Waals surface area contributed by atoms with E-state index in [1.54, 1.807) is 18.4 Å². The van der Waals surface area contributed by atoms with Gasteiger partial charge in [-0.05, 0) is 29.0 Å². The molecule has 0 radical (unpaired) electrons. The Morgan fingerprint density at radius 2 is 2.05 bits per heavy atom. The highest BCUT2D eigenvalue weighted by Gasteiger charge is 2.17. The number of rotatable bonds is 7. The van der Waals surface area contributed by atoms with E-state index in [9.17, 15) is 4.79 Å². The normalized spacial score (nSPS) is 11.9. The summed E-state index contributed by atoms with van der Waals surface area (Å²) >= 11 is 1.64. The van der Waals surface area contributed by atoms with Crippen LogP contribution in [0.3, 0.4) is 0 Å². The Labute approximate surface area is 135 Å². The van der Waals surface area contributed by atoms with E-state index in [1.165, 1.54) is 5.56 Å². The van der Waals surface area contributed by atoms with Crippen LogP contribution >= 0.6 is 11.3 Å². The number of hydrogen-bond acceptors (Lipinski definition) is 3. The van der Waals surface area contributed by atoms with Crippen molar-refractivity contribution in [3.63, 3.8) is 0 Å². The van der Waals surface area contributed by atoms with Gasteiger partial charge in [-0.2, -0.15) is 0 Å². The quantitative estimate of drug-likeness (QED) is 0.769. The van der Waals surface area contributed by atoms with Crippen molar-refractivity contribution in [2.45, 2.75) is 19.4 Å². The van der Waals surface area contributed by atoms with Crippen LogP contribution in [0.15, 0.2) is 41.8 Å². The number of amides is 2. The summed E-state index contributed by atoms with van der Waals surface area (Å²) in [7, 11) is 1.61. The molecule has 0 aliphatic carbocycles. The standard InChI is InChI=1S/C17H22N2O2S/c1-3-13-6-8-14(9-7-13)16(15-5-4-12-22-15)19-17(20)18-10-11-21-2/h4-9,12,16H,3,10-11H2,1-2H3,(H2,18,19,20). The summed E-state index contributed by atoms with van der Waals surface area (Å²) in [5.41, 5.74) is 2.37. The lowest BCUT2D eigenvalue weighted by molar-refractivity contribution is 0.195. The van der Waals surface area contributed by atoms with Gasteiger partial charge in [0.2, 0.25) is 0 Å². The van der Waals surface area contributed by atoms with E-state index < -0.39 is 0 Å². The zero-order chi connectivity index (χ0) is 15.8. The molecule has 0 bridgehead atoms. The lowest BCUT2D eigenvalue weighted by atomic mass is 10.0. The number of hydrogen-bond donors (Lipinski definition) is 2. The van der Waals surface area contributed by atoms with Crippen molar-refractivity contribution in [1.29, 1.82) is 0 Å². The molecule has 1 heterocycles. The van der Waals surface area contributed by atoms with E-state index in [0.717, 1.165) is 16.9 Å². The molecule has 1 unspecified atom stereocenters. The molecule has 2 aromatic rings. The molecular weight excluding hydrogens is 296 g/mol. The Bertz CT molecular complexity index is 567. The first-order valence-corrected chi connectivity index (χ1v) is 8.28. The van der Waals surface area contributed by atoms with Crippen LogP contribution in [0.2, 0.25) is 0 Å². The van der Waals surface area contributed by atoms with Crippen LogP contribution < -0.4 is 10.6 Å². The van der Waals surface area contributed by atoms with Gasteiger partial charge >= 0.3 is 6.03 Å². The van der Waals surface area contributed by atoms with Crippen molar-refractivity contribution >= 4 is 17.4 Å². The van der Waals surface area contributed by atoms with Gasteiger partial charge in [0.05, 0.1) is 12.6 Å². The number of benzene rings is 1. The highest BCUT2D eigenvalue weighted by atomic mass is 32.1. The van der Waals surface area contributed by atoms with Crippen LogP contribution in [-0.4, -0.2) is 26.3 Å². The first kappa shape index (κ1) is 16.5. The van der Waals surface area contributed by atoms with Crippen LogP contribution in [0.5, 0.6) is 0 Å². The minimum absolute atomic E-state index is 0.131. The maximum Gasteiger partial charge on any atom is 0.315 e. The fraction of sp³-hybridized carbons (Fsp3) is 0.353. The van der Waals surface area contributed by atoms with Crippen molar-refractivity contribution < 1.29 is 9.53 Å². The van der Waals surface area contributed by atoms with Gasteiger partial charge < -0.3 is 15.4 Å². The second kappa shape index (κ2) is 8.56. The SMILES string of the molecule is CCc1ccc(C(NC(=O)NCCOC)c2cccs2)cc1. The van der Waals surface area contributed by atoms with Gasteiger partial charge in [-0.25, -0.2) is 4.79 Å². The summed E-state index contributed by atoms with van der Waals surface area (Å²) in [6.07, 6.45) is 1.01. The van der Waals surface area contributed by atoms with Crippen molar-refractivity contribution in [3.8, 4) is 0 Å². The molecule has 2 N–H and O–H groups in total. The number of ether oxygens (including phenoxy) is 1. The van der Waals surface area contributed by atoms with E-state index in [2.05, 4.69) is 41.8 Å². The summed E-state index contributed by atoms with van der Waals surface area (Å²) in [5.74, 6) is 0. The van der Waals surface area contributed by atoms with E-state index in [0.29, 0.717) is 13.2 Å². The third-order valence-corrected chi connectivity index (χ3v) is 4.35. The molecule has 1 atom stereocenters. The Hall–Kier alpha value is -1.85. The molecule has 0 fully saturated rings. The van der Waals surface area contributed by atoms with Crippen molar-refractivity contribution in [1.82, 2.24) is 10.6 Å². The van der Waals surface area contributed by atoms with Gasteiger partial charge in [0.25, 0.3) is 0 Å². The van der Waals surface area contributed by atoms with E-state index >= 15 is 0 Å². The largest absolute Gasteiger partial charge is 0.383 e. The molecular formula is C17H22N2O2S. The number of nitrogens with one attached hydrogen (secondary N) is 2. The molecule has 118 valence electrons. The zero-order valence-electron chi connectivity index (χ0n) is 13.0. The second-order valence-electron chi connectivity index (χ2n) is 4.94. The molecule has 1 aromatic heterocycles. The fourth-order valence-electron chi connectivity index (χ4n) is 2.17. The lowest BCUT2D eigenvalue weighted by Crippen LogP contribution is -2.39. The van der Waals surface area contributed by atoms with Gasteiger partial charge in [0.15, 0.2) is 0 Å². The van der Waals surface area contributed by atoms with Gasteiger partial charge in [0.1, 0.15) is 0 Å². The topological polar surface area (TPSA) is 50.4 Å². The zero-order valence-corrected chi connectivity index (χ0v) is 13.8. The molecule has 1 aromatic carbocycles. The molecule has 0 saturated carbocycles. The summed E-state index contributed by atoms with van der Waals surface area (Å²) in [6.45, 7) is 3.13. The molecule has 2 rings (SSSR count). The molecule has 4 nitrogen and oxygen atoms in total. The van der Waals surface area contributed by atoms with Crippen LogP contribution in [0.25, 0.3) is 0 Å². The number of urea groups is 1. The molecule has 0 aliphatic rings. The van der Waals surface area contributed by atoms with Crippen LogP contribution in [0, 0.1) is 0 Å². The molecule has 5 heteroatoms. The maximum absolute atomic E-state index is 12.0. The maximum atomic E-state index is 12.0. The Balaban J connectivity index is 2.11. The highest BCUT2D eigenvalue weighted by molar-refractivity contribution is 7.10. The predicted molar refractivity (Wildman–Crippen MR) is 90.4 cm³/mol. The van der Waals surface area contributed by atoms with Gasteiger partial charge in [-0.15, -0.1) is 11.3 Å². The fourth-order valence-corrected chi connectivity index (χ4v) is 2.97. The third kappa shape index (κ3) is 4.58. The first-order chi connectivity index (χ1) is 10.7. The lowest BCUT2D eigenvalue weighted by Gasteiger charge is -2.19. The number of carbonyl (C=O) groups is 1. The molecule has 0 aliphatic heterocycles. The van der Waals surface area contributed by atoms with Crippen molar-refractivity contribution in [3.05, 3.63) is 57.8 Å². The molecule has 22 heavy (non-hydrogen) atoms. The summed E-state index contributed by atoms with van der Waals surface area (Å²) in [6, 6.07) is 12.1. The average Bonchev–Trinajstić information content (AvgIpc) is 3.07. The monoisotopic (exact) mass is 318 g/mol. The second-order valence-corrected chi connectivity index (χ2v) is 5.92. The van der Waals surface area contributed by atoms with Crippen LogP contribution in [0.4, 0.5) is 4.79 Å². The van der Waals surface area contributed by atoms with E-state index in [4.69, 9.17) is 4.74 Å². The van der Waals surface area contributed by atoms with Gasteiger partial charge in [-0.3, -0.25) is 0 Å². The highest BCUT2D eigenvalue weighted by Crippen LogP contribution is 2.26. The van der Waals surface area contributed by atoms with Crippen LogP contribution in [-0.2, 0) is 11.2 Å². The summed E-state index contributed by atoms with van der Waals surface area (Å²) < 4.78 is 4.94. The Morgan fingerprint density at radius 1 is 1.27 bits per heavy atom. The predicted octanol–water partition coefficient (Wildman–Crippen LogP) is 3.35. The van der Waals surface area contributed by atoms with Crippen molar-refractivity contribution in [2.24, 2.45) is 0 Å². The number of thiophene rings is 1. The molecule has 0 saturated heterocycles. The van der Waals surface area contributed by atoms with E-state index in [1.807, 2.05) is 17.5 Å². The number of carbonyl (C=O) groups excluding carboxylic acids is 1. The van der Waals surface area contributed by atoms with Gasteiger partial charge in [0, 0.05) is 18.5 Å². The Morgan fingerprint density at radius 3 is 2.64 bits per heavy atom. The minimum atomic E-state index is -0.185. The van der Waals surface area contributed by atoms with Gasteiger partial charge in [-0.1, -0.05) is 37.3 Å². The summed E-state index contributed by atoms with van der Waals surface area (Å²) in [5, 5.41) is 7.86. The molecule has 2 amide bonds. The molecule has 0 spiro atoms. The Kier molecular flexibility index (Phi) is 6.43. The smallest absolute Gasteiger partial charge is 0.315 e. The minimum Gasteiger partial charge on any atom is -0.383 e. The average molecular weight is 318 g/mol. The number of aryl methyl sites for hydroxylation is 1. The number of methoxy groups -OCH3 is 1.